The largest absolute Gasteiger partial charge is 0.490 e. The second kappa shape index (κ2) is 11.3. The summed E-state index contributed by atoms with van der Waals surface area (Å²) >= 11 is 0. The minimum absolute atomic E-state index is 0. The molecule has 0 radical (unpaired) electrons. The van der Waals surface area contributed by atoms with Gasteiger partial charge < -0.3 is 24.4 Å². The molecular formula is C23H30IN3O3. The highest BCUT2D eigenvalue weighted by Crippen LogP contribution is 2.30. The predicted molar refractivity (Wildman–Crippen MR) is 129 cm³/mol. The zero-order chi connectivity index (χ0) is 19.9. The van der Waals surface area contributed by atoms with Crippen molar-refractivity contribution in [3.8, 4) is 17.2 Å². The molecule has 0 unspecified atom stereocenters. The average Bonchev–Trinajstić information content (AvgIpc) is 3.01. The highest BCUT2D eigenvalue weighted by atomic mass is 127. The van der Waals surface area contributed by atoms with E-state index in [4.69, 9.17) is 14.2 Å². The van der Waals surface area contributed by atoms with Crippen molar-refractivity contribution in [2.45, 2.75) is 31.9 Å². The Balaban J connectivity index is 0.00000256. The van der Waals surface area contributed by atoms with Gasteiger partial charge in [-0.25, -0.2) is 0 Å². The molecule has 0 bridgehead atoms. The third kappa shape index (κ3) is 5.93. The van der Waals surface area contributed by atoms with Crippen LogP contribution in [0, 0.1) is 0 Å². The molecule has 0 saturated carbocycles. The molecule has 162 valence electrons. The molecule has 0 aliphatic carbocycles. The first-order valence-electron chi connectivity index (χ1n) is 10.4. The molecule has 2 aromatic carbocycles. The number of guanidine groups is 1. The fourth-order valence-electron chi connectivity index (χ4n) is 3.71. The van der Waals surface area contributed by atoms with Crippen molar-refractivity contribution in [3.63, 3.8) is 0 Å². The Kier molecular flexibility index (Phi) is 8.48. The third-order valence-electron chi connectivity index (χ3n) is 5.26. The van der Waals surface area contributed by atoms with Crippen LogP contribution in [0.25, 0.3) is 0 Å². The number of nitrogens with zero attached hydrogens (tertiary/aromatic N) is 2. The minimum Gasteiger partial charge on any atom is -0.490 e. The summed E-state index contributed by atoms with van der Waals surface area (Å²) in [7, 11) is 1.84. The monoisotopic (exact) mass is 523 g/mol. The maximum absolute atomic E-state index is 6.10. The first kappa shape index (κ1) is 22.5. The quantitative estimate of drug-likeness (QED) is 0.372. The van der Waals surface area contributed by atoms with Gasteiger partial charge in [-0.15, -0.1) is 24.0 Å². The summed E-state index contributed by atoms with van der Waals surface area (Å²) in [4.78, 5) is 6.77. The molecule has 0 aromatic heterocycles. The molecule has 1 N–H and O–H groups in total. The summed E-state index contributed by atoms with van der Waals surface area (Å²) in [6.45, 7) is 3.97. The van der Waals surface area contributed by atoms with E-state index in [1.54, 1.807) is 0 Å². The fraction of sp³-hybridized carbons (Fsp3) is 0.435. The summed E-state index contributed by atoms with van der Waals surface area (Å²) in [6, 6.07) is 16.2. The SMILES string of the molecule is CN=C(NCc1ccc2c(c1)OCCCO2)N1CCC(Oc2ccccc2)CC1.I. The highest BCUT2D eigenvalue weighted by Gasteiger charge is 2.22. The zero-order valence-electron chi connectivity index (χ0n) is 17.4. The molecule has 7 heteroatoms. The number of aliphatic imine (C=N–C) groups is 1. The number of rotatable bonds is 4. The van der Waals surface area contributed by atoms with E-state index in [9.17, 15) is 0 Å². The van der Waals surface area contributed by atoms with Gasteiger partial charge in [0.1, 0.15) is 11.9 Å². The van der Waals surface area contributed by atoms with Crippen molar-refractivity contribution >= 4 is 29.9 Å². The van der Waals surface area contributed by atoms with Crippen LogP contribution in [0.5, 0.6) is 17.2 Å². The van der Waals surface area contributed by atoms with Gasteiger partial charge in [-0.3, -0.25) is 4.99 Å². The first-order chi connectivity index (χ1) is 14.3. The minimum atomic E-state index is 0. The lowest BCUT2D eigenvalue weighted by Crippen LogP contribution is -2.47. The maximum atomic E-state index is 6.10. The number of piperidine rings is 1. The van der Waals surface area contributed by atoms with Gasteiger partial charge in [-0.2, -0.15) is 0 Å². The number of fused-ring (bicyclic) bond motifs is 1. The van der Waals surface area contributed by atoms with Crippen molar-refractivity contribution in [1.82, 2.24) is 10.2 Å². The molecule has 2 heterocycles. The number of halogens is 1. The van der Waals surface area contributed by atoms with E-state index < -0.39 is 0 Å². The van der Waals surface area contributed by atoms with Crippen LogP contribution in [-0.4, -0.2) is 50.3 Å². The third-order valence-corrected chi connectivity index (χ3v) is 5.26. The van der Waals surface area contributed by atoms with Crippen LogP contribution in [0.1, 0.15) is 24.8 Å². The summed E-state index contributed by atoms with van der Waals surface area (Å²) in [6.07, 6.45) is 3.14. The molecule has 0 spiro atoms. The van der Waals surface area contributed by atoms with Crippen LogP contribution in [0.3, 0.4) is 0 Å². The molecular weight excluding hydrogens is 493 g/mol. The lowest BCUT2D eigenvalue weighted by molar-refractivity contribution is 0.129. The van der Waals surface area contributed by atoms with Crippen molar-refractivity contribution in [2.75, 3.05) is 33.4 Å². The van der Waals surface area contributed by atoms with E-state index in [1.165, 1.54) is 0 Å². The Hall–Kier alpha value is -2.16. The van der Waals surface area contributed by atoms with Crippen LogP contribution in [0.15, 0.2) is 53.5 Å². The highest BCUT2D eigenvalue weighted by molar-refractivity contribution is 14.0. The van der Waals surface area contributed by atoms with Gasteiger partial charge >= 0.3 is 0 Å². The van der Waals surface area contributed by atoms with Gasteiger partial charge in [0.05, 0.1) is 13.2 Å². The Morgan fingerprint density at radius 1 is 1.07 bits per heavy atom. The molecule has 0 atom stereocenters. The van der Waals surface area contributed by atoms with Gasteiger partial charge in [0.2, 0.25) is 0 Å². The number of hydrogen-bond acceptors (Lipinski definition) is 4. The lowest BCUT2D eigenvalue weighted by Gasteiger charge is -2.34. The Morgan fingerprint density at radius 2 is 1.80 bits per heavy atom. The maximum Gasteiger partial charge on any atom is 0.193 e. The van der Waals surface area contributed by atoms with E-state index in [-0.39, 0.29) is 30.1 Å². The van der Waals surface area contributed by atoms with Crippen molar-refractivity contribution < 1.29 is 14.2 Å². The van der Waals surface area contributed by atoms with Gasteiger partial charge in [-0.05, 0) is 29.8 Å². The average molecular weight is 523 g/mol. The summed E-state index contributed by atoms with van der Waals surface area (Å²) in [5.74, 6) is 3.53. The number of nitrogens with one attached hydrogen (secondary N) is 1. The molecule has 0 amide bonds. The lowest BCUT2D eigenvalue weighted by atomic mass is 10.1. The smallest absolute Gasteiger partial charge is 0.193 e. The van der Waals surface area contributed by atoms with E-state index in [0.717, 1.165) is 61.1 Å². The van der Waals surface area contributed by atoms with Crippen LogP contribution in [0.4, 0.5) is 0 Å². The molecule has 30 heavy (non-hydrogen) atoms. The molecule has 2 aliphatic heterocycles. The molecule has 1 fully saturated rings. The fourth-order valence-corrected chi connectivity index (χ4v) is 3.71. The molecule has 2 aliphatic rings. The van der Waals surface area contributed by atoms with Gasteiger partial charge in [-0.1, -0.05) is 24.3 Å². The molecule has 2 aromatic rings. The summed E-state index contributed by atoms with van der Waals surface area (Å²) in [5.41, 5.74) is 1.15. The summed E-state index contributed by atoms with van der Waals surface area (Å²) < 4.78 is 17.6. The topological polar surface area (TPSA) is 55.3 Å². The Morgan fingerprint density at radius 3 is 2.53 bits per heavy atom. The van der Waals surface area contributed by atoms with Crippen LogP contribution in [-0.2, 0) is 6.54 Å². The van der Waals surface area contributed by atoms with Crippen LogP contribution >= 0.6 is 24.0 Å². The second-order valence-electron chi connectivity index (χ2n) is 7.35. The van der Waals surface area contributed by atoms with E-state index >= 15 is 0 Å². The van der Waals surface area contributed by atoms with Crippen LogP contribution < -0.4 is 19.5 Å². The van der Waals surface area contributed by atoms with Gasteiger partial charge in [0.15, 0.2) is 17.5 Å². The predicted octanol–water partition coefficient (Wildman–Crippen LogP) is 4.08. The normalized spacial score (nSPS) is 17.0. The molecule has 1 saturated heterocycles. The van der Waals surface area contributed by atoms with Crippen molar-refractivity contribution in [1.29, 1.82) is 0 Å². The van der Waals surface area contributed by atoms with Crippen molar-refractivity contribution in [3.05, 3.63) is 54.1 Å². The number of hydrogen-bond donors (Lipinski definition) is 1. The van der Waals surface area contributed by atoms with Gasteiger partial charge in [0.25, 0.3) is 0 Å². The number of likely N-dealkylation sites (tertiary alicyclic amines) is 1. The molecule has 4 rings (SSSR count). The van der Waals surface area contributed by atoms with E-state index in [2.05, 4.69) is 27.3 Å². The number of para-hydroxylation sites is 1. The van der Waals surface area contributed by atoms with Gasteiger partial charge in [0, 0.05) is 45.9 Å². The second-order valence-corrected chi connectivity index (χ2v) is 7.35. The van der Waals surface area contributed by atoms with Crippen molar-refractivity contribution in [2.24, 2.45) is 4.99 Å². The Bertz CT molecular complexity index is 824. The Labute approximate surface area is 195 Å². The molecule has 6 nitrogen and oxygen atoms in total. The summed E-state index contributed by atoms with van der Waals surface area (Å²) in [5, 5.41) is 3.48. The van der Waals surface area contributed by atoms with E-state index in [1.807, 2.05) is 43.4 Å². The van der Waals surface area contributed by atoms with Crippen LogP contribution in [0.2, 0.25) is 0 Å². The van der Waals surface area contributed by atoms with E-state index in [0.29, 0.717) is 19.8 Å². The first-order valence-corrected chi connectivity index (χ1v) is 10.4. The number of ether oxygens (including phenoxy) is 3. The number of benzene rings is 2. The zero-order valence-corrected chi connectivity index (χ0v) is 19.7. The standard InChI is InChI=1S/C23H29N3O3.HI/c1-24-23(25-17-18-8-9-21-22(16-18)28-15-5-14-27-21)26-12-10-20(11-13-26)29-19-6-3-2-4-7-19;/h2-4,6-9,16,20H,5,10-15,17H2,1H3,(H,24,25);1H.